The lowest BCUT2D eigenvalue weighted by Gasteiger charge is -2.27. The van der Waals surface area contributed by atoms with Crippen LogP contribution in [0, 0.1) is 11.3 Å². The maximum Gasteiger partial charge on any atom is 0.354 e. The van der Waals surface area contributed by atoms with Gasteiger partial charge in [-0.25, -0.2) is 9.59 Å². The number of piperidine rings is 1. The lowest BCUT2D eigenvalue weighted by atomic mass is 10.0. The molecule has 3 amide bonds. The molecule has 6 N–H and O–H groups in total. The van der Waals surface area contributed by atoms with Gasteiger partial charge in [-0.3, -0.25) is 14.7 Å². The molecular weight excluding hydrogens is 448 g/mol. The number of hydrogen-bond acceptors (Lipinski definition) is 7. The van der Waals surface area contributed by atoms with E-state index in [4.69, 9.17) is 11.5 Å². The van der Waals surface area contributed by atoms with Gasteiger partial charge in [0.05, 0.1) is 11.7 Å². The zero-order valence-electron chi connectivity index (χ0n) is 19.7. The summed E-state index contributed by atoms with van der Waals surface area (Å²) in [4.78, 5) is 45.2. The maximum atomic E-state index is 12.8. The molecule has 1 aromatic carbocycles. The van der Waals surface area contributed by atoms with E-state index in [2.05, 4.69) is 15.6 Å². The first kappa shape index (κ1) is 23.5. The standard InChI is InChI=1S/C24H32N8O3/c25-14-24-12-17(24)13-31(15-24)21(33)19(26)11-16-1-3-18(4-2-16)32-8-5-20(29-23(32)35)28-22(34)30-9-6-27-7-10-30/h1-5,8,17,19,27H,6-7,9-15,25-26H2,(H,28,29,34,35)/t17?,19-,24?/m0/s1. The number of benzene rings is 1. The van der Waals surface area contributed by atoms with Gasteiger partial charge in [0.25, 0.3) is 0 Å². The molecule has 1 aromatic heterocycles. The molecule has 2 aromatic rings. The molecule has 1 saturated carbocycles. The number of likely N-dealkylation sites (tertiary alicyclic amines) is 1. The van der Waals surface area contributed by atoms with Crippen molar-refractivity contribution in [2.45, 2.75) is 18.9 Å². The fourth-order valence-electron chi connectivity index (χ4n) is 5.17. The summed E-state index contributed by atoms with van der Waals surface area (Å²) >= 11 is 0. The van der Waals surface area contributed by atoms with Gasteiger partial charge in [0.2, 0.25) is 5.91 Å². The fourth-order valence-corrected chi connectivity index (χ4v) is 5.17. The number of piperazine rings is 1. The highest BCUT2D eigenvalue weighted by molar-refractivity contribution is 5.88. The van der Waals surface area contributed by atoms with Crippen molar-refractivity contribution in [3.63, 3.8) is 0 Å². The van der Waals surface area contributed by atoms with Gasteiger partial charge in [-0.1, -0.05) is 12.1 Å². The lowest BCUT2D eigenvalue weighted by molar-refractivity contribution is -0.132. The summed E-state index contributed by atoms with van der Waals surface area (Å²) in [6.45, 7) is 4.78. The number of rotatable bonds is 6. The average molecular weight is 481 g/mol. The van der Waals surface area contributed by atoms with Gasteiger partial charge in [-0.2, -0.15) is 4.98 Å². The summed E-state index contributed by atoms with van der Waals surface area (Å²) in [6, 6.07) is 8.02. The van der Waals surface area contributed by atoms with Crippen molar-refractivity contribution in [1.29, 1.82) is 0 Å². The number of fused-ring (bicyclic) bond motifs is 1. The van der Waals surface area contributed by atoms with E-state index in [0.717, 1.165) is 31.6 Å². The van der Waals surface area contributed by atoms with E-state index in [1.807, 2.05) is 17.0 Å². The summed E-state index contributed by atoms with van der Waals surface area (Å²) in [5, 5.41) is 5.87. The molecule has 11 heteroatoms. The van der Waals surface area contributed by atoms with Gasteiger partial charge in [-0.05, 0) is 49.1 Å². The molecule has 0 radical (unpaired) electrons. The van der Waals surface area contributed by atoms with Gasteiger partial charge in [-0.15, -0.1) is 0 Å². The zero-order chi connectivity index (χ0) is 24.6. The van der Waals surface area contributed by atoms with Crippen molar-refractivity contribution in [3.8, 4) is 5.69 Å². The Bertz CT molecular complexity index is 1160. The summed E-state index contributed by atoms with van der Waals surface area (Å²) in [5.74, 6) is 0.705. The molecule has 2 unspecified atom stereocenters. The van der Waals surface area contributed by atoms with E-state index in [0.29, 0.717) is 44.2 Å². The molecule has 3 heterocycles. The normalized spacial score (nSPS) is 24.1. The van der Waals surface area contributed by atoms with E-state index >= 15 is 0 Å². The monoisotopic (exact) mass is 480 g/mol. The Morgan fingerprint density at radius 1 is 1.17 bits per heavy atom. The Morgan fingerprint density at radius 3 is 2.57 bits per heavy atom. The first-order chi connectivity index (χ1) is 16.9. The summed E-state index contributed by atoms with van der Waals surface area (Å²) in [7, 11) is 0. The number of nitrogens with one attached hydrogen (secondary N) is 2. The van der Waals surface area contributed by atoms with Gasteiger partial charge in [0, 0.05) is 50.9 Å². The van der Waals surface area contributed by atoms with Gasteiger partial charge in [0.15, 0.2) is 0 Å². The zero-order valence-corrected chi connectivity index (χ0v) is 19.7. The number of hydrogen-bond donors (Lipinski definition) is 4. The van der Waals surface area contributed by atoms with Crippen molar-refractivity contribution in [2.24, 2.45) is 22.8 Å². The van der Waals surface area contributed by atoms with Crippen molar-refractivity contribution >= 4 is 17.8 Å². The second kappa shape index (κ2) is 9.40. The smallest absolute Gasteiger partial charge is 0.340 e. The van der Waals surface area contributed by atoms with Crippen LogP contribution in [0.4, 0.5) is 10.6 Å². The van der Waals surface area contributed by atoms with Crippen LogP contribution >= 0.6 is 0 Å². The van der Waals surface area contributed by atoms with Gasteiger partial charge < -0.3 is 26.6 Å². The molecule has 2 aliphatic heterocycles. The van der Waals surface area contributed by atoms with Crippen molar-refractivity contribution in [2.75, 3.05) is 51.1 Å². The van der Waals surface area contributed by atoms with E-state index in [-0.39, 0.29) is 23.2 Å². The minimum Gasteiger partial charge on any atom is -0.340 e. The van der Waals surface area contributed by atoms with Crippen molar-refractivity contribution in [3.05, 3.63) is 52.6 Å². The number of nitrogens with zero attached hydrogens (tertiary/aromatic N) is 4. The molecule has 186 valence electrons. The Morgan fingerprint density at radius 2 is 1.91 bits per heavy atom. The van der Waals surface area contributed by atoms with Crippen LogP contribution in [0.25, 0.3) is 5.69 Å². The van der Waals surface area contributed by atoms with Crippen LogP contribution in [0.5, 0.6) is 0 Å². The summed E-state index contributed by atoms with van der Waals surface area (Å²) in [6.07, 6.45) is 3.11. The number of carbonyl (C=O) groups excluding carboxylic acids is 2. The van der Waals surface area contributed by atoms with Gasteiger partial charge >= 0.3 is 11.7 Å². The third-order valence-corrected chi connectivity index (χ3v) is 7.45. The second-order valence-electron chi connectivity index (χ2n) is 9.80. The maximum absolute atomic E-state index is 12.8. The molecule has 35 heavy (non-hydrogen) atoms. The Kier molecular flexibility index (Phi) is 6.30. The molecule has 3 aliphatic rings. The number of carbonyl (C=O) groups is 2. The van der Waals surface area contributed by atoms with E-state index in [9.17, 15) is 14.4 Å². The number of nitrogens with two attached hydrogens (primary N) is 2. The lowest BCUT2D eigenvalue weighted by Crippen LogP contribution is -2.48. The van der Waals surface area contributed by atoms with Crippen LogP contribution in [0.2, 0.25) is 0 Å². The molecular formula is C24H32N8O3. The minimum atomic E-state index is -0.615. The number of anilines is 1. The van der Waals surface area contributed by atoms with E-state index in [1.54, 1.807) is 29.3 Å². The first-order valence-corrected chi connectivity index (χ1v) is 12.1. The number of aromatic nitrogens is 2. The minimum absolute atomic E-state index is 0.0343. The van der Waals surface area contributed by atoms with Gasteiger partial charge in [0.1, 0.15) is 5.82 Å². The largest absolute Gasteiger partial charge is 0.354 e. The molecule has 3 fully saturated rings. The van der Waals surface area contributed by atoms with Crippen LogP contribution < -0.4 is 27.8 Å². The second-order valence-corrected chi connectivity index (χ2v) is 9.80. The topological polar surface area (TPSA) is 152 Å². The molecule has 5 rings (SSSR count). The van der Waals surface area contributed by atoms with Crippen LogP contribution in [0.3, 0.4) is 0 Å². The third kappa shape index (κ3) is 4.79. The summed E-state index contributed by atoms with van der Waals surface area (Å²) < 4.78 is 1.40. The number of amides is 3. The molecule has 0 spiro atoms. The fraction of sp³-hybridized carbons (Fsp3) is 0.500. The number of urea groups is 1. The molecule has 1 aliphatic carbocycles. The average Bonchev–Trinajstić information content (AvgIpc) is 3.44. The quantitative estimate of drug-likeness (QED) is 0.429. The molecule has 2 saturated heterocycles. The predicted octanol–water partition coefficient (Wildman–Crippen LogP) is -0.653. The molecule has 0 bridgehead atoms. The Labute approximate surface area is 203 Å². The van der Waals surface area contributed by atoms with Crippen LogP contribution in [-0.2, 0) is 11.2 Å². The summed E-state index contributed by atoms with van der Waals surface area (Å²) in [5.41, 5.74) is 13.3. The highest BCUT2D eigenvalue weighted by Crippen LogP contribution is 2.56. The molecule has 11 nitrogen and oxygen atoms in total. The molecule has 3 atom stereocenters. The predicted molar refractivity (Wildman–Crippen MR) is 131 cm³/mol. The van der Waals surface area contributed by atoms with Crippen LogP contribution in [0.15, 0.2) is 41.3 Å². The van der Waals surface area contributed by atoms with Crippen molar-refractivity contribution < 1.29 is 9.59 Å². The van der Waals surface area contributed by atoms with Crippen LogP contribution in [0.1, 0.15) is 12.0 Å². The van der Waals surface area contributed by atoms with Crippen molar-refractivity contribution in [1.82, 2.24) is 24.7 Å². The SMILES string of the molecule is NCC12CC1CN(C(=O)[C@@H](N)Cc1ccc(-n3ccc(NC(=O)N4CCNCC4)nc3=O)cc1)C2. The highest BCUT2D eigenvalue weighted by atomic mass is 16.2. The Balaban J connectivity index is 1.19. The van der Waals surface area contributed by atoms with E-state index in [1.165, 1.54) is 4.57 Å². The third-order valence-electron chi connectivity index (χ3n) is 7.45. The highest BCUT2D eigenvalue weighted by Gasteiger charge is 2.59. The first-order valence-electron chi connectivity index (χ1n) is 12.1. The Hall–Kier alpha value is -3.28. The van der Waals surface area contributed by atoms with E-state index < -0.39 is 11.7 Å². The van der Waals surface area contributed by atoms with Crippen LogP contribution in [-0.4, -0.2) is 83.1 Å².